The van der Waals surface area contributed by atoms with Crippen molar-refractivity contribution in [1.29, 1.82) is 0 Å². The third-order valence-electron chi connectivity index (χ3n) is 7.34. The number of nitrogens with zero attached hydrogens (tertiary/aromatic N) is 4. The highest BCUT2D eigenvalue weighted by Crippen LogP contribution is 2.52. The number of likely N-dealkylation sites (tertiary alicyclic amines) is 1. The predicted molar refractivity (Wildman–Crippen MR) is 138 cm³/mol. The molecule has 13 nitrogen and oxygen atoms in total. The first kappa shape index (κ1) is 28.4. The molecule has 0 saturated carbocycles. The highest BCUT2D eigenvalue weighted by molar-refractivity contribution is 8.03. The van der Waals surface area contributed by atoms with E-state index in [4.69, 9.17) is 4.74 Å². The van der Waals surface area contributed by atoms with Crippen molar-refractivity contribution in [2.75, 3.05) is 20.6 Å². The van der Waals surface area contributed by atoms with Crippen LogP contribution in [0.1, 0.15) is 25.8 Å². The van der Waals surface area contributed by atoms with Gasteiger partial charge in [-0.05, 0) is 31.0 Å². The van der Waals surface area contributed by atoms with Crippen LogP contribution in [0, 0.1) is 22.0 Å². The van der Waals surface area contributed by atoms with Crippen molar-refractivity contribution in [2.24, 2.45) is 11.8 Å². The van der Waals surface area contributed by atoms with Crippen LogP contribution >= 0.6 is 11.8 Å². The number of thioether (sulfide) groups is 1. The number of hydrogen-bond acceptors (Lipinski definition) is 9. The van der Waals surface area contributed by atoms with Crippen LogP contribution < -0.4 is 0 Å². The van der Waals surface area contributed by atoms with E-state index >= 15 is 0 Å². The van der Waals surface area contributed by atoms with Gasteiger partial charge in [-0.15, -0.1) is 11.8 Å². The topological polar surface area (TPSA) is 171 Å². The van der Waals surface area contributed by atoms with E-state index < -0.39 is 47.0 Å². The highest BCUT2D eigenvalue weighted by atomic mass is 32.2. The van der Waals surface area contributed by atoms with E-state index in [1.54, 1.807) is 14.1 Å². The smallest absolute Gasteiger partial charge is 0.410 e. The maximum atomic E-state index is 13.1. The summed E-state index contributed by atoms with van der Waals surface area (Å²) in [5.74, 6) is -3.03. The summed E-state index contributed by atoms with van der Waals surface area (Å²) >= 11 is 1.23. The molecule has 4 rings (SSSR count). The molecule has 1 unspecified atom stereocenters. The number of carboxylic acid groups (broad SMARTS) is 1. The Balaban J connectivity index is 1.50. The second-order valence-corrected chi connectivity index (χ2v) is 11.5. The second-order valence-electron chi connectivity index (χ2n) is 10.1. The Kier molecular flexibility index (Phi) is 7.89. The Labute approximate surface area is 228 Å². The van der Waals surface area contributed by atoms with Crippen LogP contribution in [0.25, 0.3) is 0 Å². The standard InChI is InChI=1S/C25H30N4O9S/c1-12-19-18(13(2)30)23(32)28(19)20(24(33)34)21(12)39-16-9-17(22(31)26(3)4)27(10-16)25(35)38-11-14-5-7-15(8-6-14)29(36)37/h5-8,12-13,16-19,30H,9-11H2,1-4H3,(H,33,34)/t12-,13-,16+,17?,18-,19-/m1/s1. The molecule has 3 amide bonds. The van der Waals surface area contributed by atoms with Crippen LogP contribution in [0.2, 0.25) is 0 Å². The number of carboxylic acids is 1. The van der Waals surface area contributed by atoms with Crippen molar-refractivity contribution in [1.82, 2.24) is 14.7 Å². The van der Waals surface area contributed by atoms with E-state index in [9.17, 15) is 39.5 Å². The zero-order valence-electron chi connectivity index (χ0n) is 21.8. The van der Waals surface area contributed by atoms with E-state index in [0.717, 1.165) is 0 Å². The van der Waals surface area contributed by atoms with Gasteiger partial charge in [-0.2, -0.15) is 0 Å². The third-order valence-corrected chi connectivity index (χ3v) is 8.83. The molecule has 14 heteroatoms. The first-order valence-electron chi connectivity index (χ1n) is 12.4. The quantitative estimate of drug-likeness (QED) is 0.270. The lowest BCUT2D eigenvalue weighted by Crippen LogP contribution is -2.63. The van der Waals surface area contributed by atoms with Crippen molar-refractivity contribution in [3.63, 3.8) is 0 Å². The summed E-state index contributed by atoms with van der Waals surface area (Å²) in [6.45, 7) is 3.27. The van der Waals surface area contributed by atoms with Crippen LogP contribution in [0.3, 0.4) is 0 Å². The van der Waals surface area contributed by atoms with Gasteiger partial charge in [0.2, 0.25) is 11.8 Å². The Hall–Kier alpha value is -3.65. The SMILES string of the molecule is C[C@@H](O)[C@H]1C(=O)N2C(C(=O)O)=C(S[C@H]3CC(C(=O)N(C)C)N(C(=O)OCc4ccc([N+](=O)[O-])cc4)C3)[C@H](C)[C@H]12. The second kappa shape index (κ2) is 10.8. The summed E-state index contributed by atoms with van der Waals surface area (Å²) in [5, 5.41) is 30.5. The van der Waals surface area contributed by atoms with Crippen molar-refractivity contribution in [2.45, 2.75) is 50.3 Å². The summed E-state index contributed by atoms with van der Waals surface area (Å²) in [6.07, 6.45) is -1.41. The largest absolute Gasteiger partial charge is 0.477 e. The van der Waals surface area contributed by atoms with Gasteiger partial charge >= 0.3 is 12.1 Å². The Morgan fingerprint density at radius 1 is 1.26 bits per heavy atom. The number of ether oxygens (including phenoxy) is 1. The molecule has 3 aliphatic rings. The van der Waals surface area contributed by atoms with Gasteiger partial charge in [-0.1, -0.05) is 6.92 Å². The normalized spacial score (nSPS) is 26.7. The van der Waals surface area contributed by atoms with Gasteiger partial charge in [0, 0.05) is 48.8 Å². The lowest BCUT2D eigenvalue weighted by atomic mass is 9.79. The Morgan fingerprint density at radius 2 is 1.90 bits per heavy atom. The van der Waals surface area contributed by atoms with Crippen LogP contribution in [-0.4, -0.2) is 97.8 Å². The maximum Gasteiger partial charge on any atom is 0.410 e. The van der Waals surface area contributed by atoms with Crippen molar-refractivity contribution < 1.29 is 39.1 Å². The molecule has 0 radical (unpaired) electrons. The van der Waals surface area contributed by atoms with Crippen LogP contribution in [0.15, 0.2) is 34.9 Å². The summed E-state index contributed by atoms with van der Waals surface area (Å²) in [6, 6.07) is 4.26. The number of aliphatic carboxylic acids is 1. The number of hydrogen-bond donors (Lipinski definition) is 2. The van der Waals surface area contributed by atoms with Crippen molar-refractivity contribution >= 4 is 41.3 Å². The number of nitro benzene ring substituents is 1. The molecular weight excluding hydrogens is 532 g/mol. The van der Waals surface area contributed by atoms with Gasteiger partial charge in [0.25, 0.3) is 5.69 Å². The van der Waals surface area contributed by atoms with Crippen LogP contribution in [0.4, 0.5) is 10.5 Å². The number of aliphatic hydroxyl groups excluding tert-OH is 1. The van der Waals surface area contributed by atoms with E-state index in [1.165, 1.54) is 57.7 Å². The fraction of sp³-hybridized carbons (Fsp3) is 0.520. The number of non-ortho nitro benzene ring substituents is 1. The summed E-state index contributed by atoms with van der Waals surface area (Å²) in [5.41, 5.74) is 0.324. The molecule has 3 aliphatic heterocycles. The molecule has 2 fully saturated rings. The van der Waals surface area contributed by atoms with Gasteiger partial charge in [-0.25, -0.2) is 9.59 Å². The zero-order valence-corrected chi connectivity index (χ0v) is 22.7. The minimum Gasteiger partial charge on any atom is -0.477 e. The highest BCUT2D eigenvalue weighted by Gasteiger charge is 2.60. The zero-order chi connectivity index (χ0) is 28.8. The average Bonchev–Trinajstić information content (AvgIpc) is 3.39. The maximum absolute atomic E-state index is 13.1. The minimum atomic E-state index is -1.25. The van der Waals surface area contributed by atoms with Crippen LogP contribution in [0.5, 0.6) is 0 Å². The monoisotopic (exact) mass is 562 g/mol. The number of benzene rings is 1. The fourth-order valence-electron chi connectivity index (χ4n) is 5.42. The number of amides is 3. The van der Waals surface area contributed by atoms with E-state index in [-0.39, 0.29) is 48.0 Å². The molecule has 0 aromatic heterocycles. The number of β-lactam (4-membered cyclic amide) rings is 1. The fourth-order valence-corrected chi connectivity index (χ4v) is 6.94. The number of aliphatic hydroxyl groups is 1. The predicted octanol–water partition coefficient (Wildman–Crippen LogP) is 1.65. The first-order chi connectivity index (χ1) is 18.3. The molecule has 6 atom stereocenters. The van der Waals surface area contributed by atoms with E-state index in [0.29, 0.717) is 10.5 Å². The number of carbonyl (C=O) groups excluding carboxylic acids is 3. The average molecular weight is 563 g/mol. The van der Waals surface area contributed by atoms with E-state index in [2.05, 4.69) is 0 Å². The van der Waals surface area contributed by atoms with Crippen LogP contribution in [-0.2, 0) is 25.7 Å². The lowest BCUT2D eigenvalue weighted by molar-refractivity contribution is -0.384. The molecule has 2 N–H and O–H groups in total. The van der Waals surface area contributed by atoms with Gasteiger partial charge in [-0.3, -0.25) is 24.6 Å². The molecule has 1 aromatic rings. The summed E-state index contributed by atoms with van der Waals surface area (Å²) in [4.78, 5) is 65.5. The van der Waals surface area contributed by atoms with E-state index in [1.807, 2.05) is 6.92 Å². The Bertz CT molecular complexity index is 1230. The summed E-state index contributed by atoms with van der Waals surface area (Å²) < 4.78 is 5.42. The molecule has 210 valence electrons. The van der Waals surface area contributed by atoms with Gasteiger partial charge < -0.3 is 24.7 Å². The molecule has 0 aliphatic carbocycles. The summed E-state index contributed by atoms with van der Waals surface area (Å²) in [7, 11) is 3.14. The molecular formula is C25H30N4O9S. The number of likely N-dealkylation sites (N-methyl/N-ethyl adjacent to an activating group) is 1. The van der Waals surface area contributed by atoms with Gasteiger partial charge in [0.1, 0.15) is 18.3 Å². The number of carbonyl (C=O) groups is 4. The first-order valence-corrected chi connectivity index (χ1v) is 13.2. The molecule has 39 heavy (non-hydrogen) atoms. The molecule has 1 aromatic carbocycles. The molecule has 2 saturated heterocycles. The number of fused-ring (bicyclic) bond motifs is 1. The minimum absolute atomic E-state index is 0.0939. The molecule has 0 bridgehead atoms. The number of rotatable bonds is 8. The molecule has 3 heterocycles. The van der Waals surface area contributed by atoms with Gasteiger partial charge in [0.05, 0.1) is 23.0 Å². The van der Waals surface area contributed by atoms with Gasteiger partial charge in [0.15, 0.2) is 0 Å². The lowest BCUT2D eigenvalue weighted by Gasteiger charge is -2.46. The molecule has 0 spiro atoms. The third kappa shape index (κ3) is 5.17. The Morgan fingerprint density at radius 3 is 2.44 bits per heavy atom. The van der Waals surface area contributed by atoms with Crippen molar-refractivity contribution in [3.8, 4) is 0 Å². The van der Waals surface area contributed by atoms with Crippen molar-refractivity contribution in [3.05, 3.63) is 50.5 Å². The number of nitro groups is 1.